The van der Waals surface area contributed by atoms with Crippen molar-refractivity contribution in [3.05, 3.63) is 29.0 Å². The Labute approximate surface area is 122 Å². The first-order valence-corrected chi connectivity index (χ1v) is 3.66. The fraction of sp³-hybridized carbons (Fsp3) is 0.167. The van der Waals surface area contributed by atoms with Gasteiger partial charge in [0.05, 0.1) is 5.02 Å². The van der Waals surface area contributed by atoms with Crippen LogP contribution in [0.3, 0.4) is 0 Å². The molecule has 1 aromatic rings. The molecule has 0 saturated carbocycles. The molecule has 1 heterocycles. The number of rotatable bonds is 2. The maximum atomic E-state index is 11.8. The molecule has 1 aromatic heterocycles. The predicted octanol–water partition coefficient (Wildman–Crippen LogP) is -0.332. The van der Waals surface area contributed by atoms with E-state index in [0.717, 1.165) is 0 Å². The average molecular weight is 233 g/mol. The SMILES string of the molecule is F[B-](F)(F)Cc1ccc(Cl)cn1.[K+]. The van der Waals surface area contributed by atoms with Crippen molar-refractivity contribution in [2.24, 2.45) is 0 Å². The number of pyridine rings is 1. The molecule has 0 saturated heterocycles. The predicted molar refractivity (Wildman–Crippen MR) is 42.0 cm³/mol. The van der Waals surface area contributed by atoms with Crippen molar-refractivity contribution >= 4 is 18.6 Å². The zero-order valence-electron chi connectivity index (χ0n) is 6.98. The van der Waals surface area contributed by atoms with Gasteiger partial charge in [-0.1, -0.05) is 11.6 Å². The molecule has 0 spiro atoms. The third-order valence-corrected chi connectivity index (χ3v) is 1.45. The van der Waals surface area contributed by atoms with Crippen molar-refractivity contribution in [1.82, 2.24) is 4.98 Å². The number of hydrogen-bond donors (Lipinski definition) is 0. The molecule has 0 aliphatic heterocycles. The van der Waals surface area contributed by atoms with E-state index in [1.165, 1.54) is 18.3 Å². The van der Waals surface area contributed by atoms with Gasteiger partial charge in [0.25, 0.3) is 0 Å². The van der Waals surface area contributed by atoms with Gasteiger partial charge in [0.1, 0.15) is 0 Å². The monoisotopic (exact) mass is 233 g/mol. The van der Waals surface area contributed by atoms with E-state index in [1.807, 2.05) is 0 Å². The van der Waals surface area contributed by atoms with Gasteiger partial charge in [0.2, 0.25) is 0 Å². The van der Waals surface area contributed by atoms with Crippen LogP contribution in [0.5, 0.6) is 0 Å². The fourth-order valence-corrected chi connectivity index (χ4v) is 0.876. The first-order valence-electron chi connectivity index (χ1n) is 3.29. The van der Waals surface area contributed by atoms with Crippen LogP contribution in [0.2, 0.25) is 5.02 Å². The standard InChI is InChI=1S/C6H5BClF3N.K/c8-5-1-2-6(12-4-5)3-7(9,10)11;/h1-2,4H,3H2;/q-1;+1. The van der Waals surface area contributed by atoms with E-state index in [-0.39, 0.29) is 57.1 Å². The van der Waals surface area contributed by atoms with Crippen molar-refractivity contribution in [2.75, 3.05) is 0 Å². The summed E-state index contributed by atoms with van der Waals surface area (Å²) in [7, 11) is 0. The molecule has 0 bridgehead atoms. The van der Waals surface area contributed by atoms with Crippen molar-refractivity contribution in [3.63, 3.8) is 0 Å². The Balaban J connectivity index is 0.00000144. The van der Waals surface area contributed by atoms with Gasteiger partial charge < -0.3 is 12.9 Å². The smallest absolute Gasteiger partial charge is 0.449 e. The summed E-state index contributed by atoms with van der Waals surface area (Å²) in [5.74, 6) is 0. The molecule has 7 heteroatoms. The summed E-state index contributed by atoms with van der Waals surface area (Å²) >= 11 is 5.44. The molecule has 13 heavy (non-hydrogen) atoms. The number of hydrogen-bond acceptors (Lipinski definition) is 1. The Morgan fingerprint density at radius 1 is 1.31 bits per heavy atom. The third kappa shape index (κ3) is 6.09. The molecule has 1 nitrogen and oxygen atoms in total. The van der Waals surface area contributed by atoms with Gasteiger partial charge >= 0.3 is 58.4 Å². The summed E-state index contributed by atoms with van der Waals surface area (Å²) in [6.45, 7) is -4.80. The average Bonchev–Trinajstić information content (AvgIpc) is 1.91. The van der Waals surface area contributed by atoms with Crippen LogP contribution >= 0.6 is 11.6 Å². The molecule has 0 aliphatic rings. The Hall–Kier alpha value is 0.931. The van der Waals surface area contributed by atoms with E-state index < -0.39 is 13.3 Å². The van der Waals surface area contributed by atoms with Gasteiger partial charge in [-0.05, 0) is 18.5 Å². The Bertz CT molecular complexity index is 264. The van der Waals surface area contributed by atoms with Gasteiger partial charge in [-0.15, -0.1) is 0 Å². The summed E-state index contributed by atoms with van der Waals surface area (Å²) in [6.07, 6.45) is 0.260. The maximum absolute atomic E-state index is 11.8. The molecule has 0 radical (unpaired) electrons. The second kappa shape index (κ2) is 5.73. The number of aromatic nitrogens is 1. The van der Waals surface area contributed by atoms with E-state index >= 15 is 0 Å². The first-order chi connectivity index (χ1) is 5.47. The fourth-order valence-electron chi connectivity index (χ4n) is 0.764. The Morgan fingerprint density at radius 2 is 1.92 bits per heavy atom. The Kier molecular flexibility index (Phi) is 6.14. The molecule has 0 fully saturated rings. The van der Waals surface area contributed by atoms with Gasteiger partial charge in [-0.3, -0.25) is 4.98 Å². The van der Waals surface area contributed by atoms with Gasteiger partial charge in [-0.2, -0.15) is 0 Å². The van der Waals surface area contributed by atoms with Crippen LogP contribution in [0.15, 0.2) is 18.3 Å². The number of nitrogens with zero attached hydrogens (tertiary/aromatic N) is 1. The van der Waals surface area contributed by atoms with Crippen LogP contribution in [0.25, 0.3) is 0 Å². The summed E-state index contributed by atoms with van der Waals surface area (Å²) in [5, 5.41) is 0.341. The Morgan fingerprint density at radius 3 is 2.31 bits per heavy atom. The van der Waals surface area contributed by atoms with Crippen LogP contribution in [-0.2, 0) is 6.32 Å². The normalized spacial score (nSPS) is 10.8. The molecular formula is C6H5BClF3KN. The van der Waals surface area contributed by atoms with E-state index in [0.29, 0.717) is 5.02 Å². The summed E-state index contributed by atoms with van der Waals surface area (Å²) in [4.78, 5) is 3.53. The molecule has 0 atom stereocenters. The van der Waals surface area contributed by atoms with Crippen molar-refractivity contribution < 1.29 is 64.3 Å². The molecule has 0 aliphatic carbocycles. The minimum atomic E-state index is -4.80. The molecule has 0 amide bonds. The summed E-state index contributed by atoms with van der Waals surface area (Å²) in [6, 6.07) is 2.67. The summed E-state index contributed by atoms with van der Waals surface area (Å²) in [5.41, 5.74) is 0.00639. The first kappa shape index (κ1) is 13.9. The van der Waals surface area contributed by atoms with Crippen LogP contribution in [0.4, 0.5) is 12.9 Å². The van der Waals surface area contributed by atoms with Crippen LogP contribution in [0, 0.1) is 0 Å². The van der Waals surface area contributed by atoms with Gasteiger partial charge in [0, 0.05) is 11.9 Å². The molecule has 1 rings (SSSR count). The third-order valence-electron chi connectivity index (χ3n) is 1.23. The minimum absolute atomic E-state index is 0. The molecule has 0 aromatic carbocycles. The molecular weight excluding hydrogens is 228 g/mol. The summed E-state index contributed by atoms with van der Waals surface area (Å²) < 4.78 is 35.5. The van der Waals surface area contributed by atoms with Crippen molar-refractivity contribution in [3.8, 4) is 0 Å². The van der Waals surface area contributed by atoms with Crippen LogP contribution < -0.4 is 51.4 Å². The minimum Gasteiger partial charge on any atom is -0.449 e. The molecule has 66 valence electrons. The van der Waals surface area contributed by atoms with Crippen LogP contribution in [0.1, 0.15) is 5.69 Å². The van der Waals surface area contributed by atoms with E-state index in [4.69, 9.17) is 11.6 Å². The van der Waals surface area contributed by atoms with Gasteiger partial charge in [0.15, 0.2) is 0 Å². The molecule has 0 unspecified atom stereocenters. The quantitative estimate of drug-likeness (QED) is 0.638. The zero-order valence-corrected chi connectivity index (χ0v) is 10.9. The van der Waals surface area contributed by atoms with E-state index in [2.05, 4.69) is 4.98 Å². The van der Waals surface area contributed by atoms with Gasteiger partial charge in [-0.25, -0.2) is 0 Å². The maximum Gasteiger partial charge on any atom is 1.00 e. The second-order valence-corrected chi connectivity index (χ2v) is 2.82. The largest absolute Gasteiger partial charge is 1.00 e. The van der Waals surface area contributed by atoms with Crippen molar-refractivity contribution in [2.45, 2.75) is 6.32 Å². The topological polar surface area (TPSA) is 12.9 Å². The number of halogens is 4. The van der Waals surface area contributed by atoms with E-state index in [1.54, 1.807) is 0 Å². The zero-order chi connectivity index (χ0) is 9.19. The molecule has 0 N–H and O–H groups in total. The van der Waals surface area contributed by atoms with Crippen molar-refractivity contribution in [1.29, 1.82) is 0 Å². The van der Waals surface area contributed by atoms with Crippen LogP contribution in [-0.4, -0.2) is 12.0 Å². The van der Waals surface area contributed by atoms with E-state index in [9.17, 15) is 12.9 Å². The second-order valence-electron chi connectivity index (χ2n) is 2.38.